The first-order valence-corrected chi connectivity index (χ1v) is 28.7. The minimum atomic E-state index is -7.21. The molecule has 4 N–H and O–H groups in total. The standard InChI is InChI=1S/C59H66F22O18/c1-86-43-17-21-45(22-18-43)93-31-41(82)29-90-35-51(64,65)96-56(74,75)58(78,79)98-54(70,71)50(62,63)34-89-27-39-13-15-40(16-14-39)28-95-48(85)8-5-7-47(84)92-25-4-3-6-37-9-11-38(12-10-37)26-88-33-49(60,61)53(68,69)55(72,73)99-59(80,81)57(76,77)97-52(66,67)36-91-30-42(83)32-94-46-23-19-44(87-2)20-24-46/h9-24,41-42,47-48,82-85H,3-8,25-36H2,1-2H3. The minimum Gasteiger partial charge on any atom is -0.497 e. The Morgan fingerprint density at radius 1 is 0.333 bits per heavy atom. The molecule has 40 heteroatoms. The Balaban J connectivity index is 1.07. The summed E-state index contributed by atoms with van der Waals surface area (Å²) >= 11 is 0. The number of rotatable bonds is 50. The Morgan fingerprint density at radius 3 is 1.10 bits per heavy atom. The second kappa shape index (κ2) is 36.7. The van der Waals surface area contributed by atoms with E-state index in [9.17, 15) is 117 Å². The van der Waals surface area contributed by atoms with Crippen molar-refractivity contribution >= 4 is 0 Å². The van der Waals surface area contributed by atoms with Crippen LogP contribution in [0.15, 0.2) is 97.1 Å². The van der Waals surface area contributed by atoms with Crippen LogP contribution >= 0.6 is 0 Å². The molecule has 0 aliphatic heterocycles. The van der Waals surface area contributed by atoms with Crippen molar-refractivity contribution in [3.8, 4) is 23.0 Å². The van der Waals surface area contributed by atoms with E-state index >= 15 is 0 Å². The van der Waals surface area contributed by atoms with E-state index in [1.54, 1.807) is 0 Å². The van der Waals surface area contributed by atoms with Crippen LogP contribution in [0.5, 0.6) is 23.0 Å². The van der Waals surface area contributed by atoms with Gasteiger partial charge < -0.3 is 67.8 Å². The largest absolute Gasteiger partial charge is 0.497 e. The highest BCUT2D eigenvalue weighted by atomic mass is 19.4. The monoisotopic (exact) mass is 1480 g/mol. The Hall–Kier alpha value is -6.02. The maximum absolute atomic E-state index is 14.4. The highest BCUT2D eigenvalue weighted by Crippen LogP contribution is 2.52. The van der Waals surface area contributed by atoms with Crippen molar-refractivity contribution < 1.29 is 183 Å². The lowest BCUT2D eigenvalue weighted by Crippen LogP contribution is -2.62. The molecule has 4 aromatic carbocycles. The van der Waals surface area contributed by atoms with Crippen LogP contribution in [-0.2, 0) is 73.6 Å². The van der Waals surface area contributed by atoms with Gasteiger partial charge in [0.15, 0.2) is 12.6 Å². The zero-order valence-corrected chi connectivity index (χ0v) is 51.6. The maximum atomic E-state index is 14.4. The first-order chi connectivity index (χ1) is 45.8. The van der Waals surface area contributed by atoms with Crippen molar-refractivity contribution in [1.29, 1.82) is 0 Å². The van der Waals surface area contributed by atoms with Crippen LogP contribution in [0.4, 0.5) is 96.6 Å². The lowest BCUT2D eigenvalue weighted by atomic mass is 10.1. The van der Waals surface area contributed by atoms with E-state index in [0.29, 0.717) is 41.9 Å². The number of hydrogen-bond acceptors (Lipinski definition) is 18. The molecule has 4 unspecified atom stereocenters. The Morgan fingerprint density at radius 2 is 0.687 bits per heavy atom. The van der Waals surface area contributed by atoms with Gasteiger partial charge in [0.05, 0.1) is 47.3 Å². The van der Waals surface area contributed by atoms with Crippen LogP contribution in [-0.4, -0.2) is 186 Å². The number of unbranched alkanes of at least 4 members (excludes halogenated alkanes) is 1. The summed E-state index contributed by atoms with van der Waals surface area (Å²) in [5.41, 5.74) is 0.890. The fourth-order valence-corrected chi connectivity index (χ4v) is 7.58. The highest BCUT2D eigenvalue weighted by Gasteiger charge is 2.78. The average Bonchev–Trinajstić information content (AvgIpc) is 0.756. The molecule has 0 fully saturated rings. The van der Waals surface area contributed by atoms with Gasteiger partial charge in [-0.1, -0.05) is 48.5 Å². The molecule has 0 amide bonds. The molecule has 18 nitrogen and oxygen atoms in total. The Labute approximate surface area is 548 Å². The van der Waals surface area contributed by atoms with E-state index in [1.807, 2.05) is 0 Å². The van der Waals surface area contributed by atoms with Crippen molar-refractivity contribution in [2.75, 3.05) is 73.7 Å². The Bertz CT molecular complexity index is 2960. The predicted octanol–water partition coefficient (Wildman–Crippen LogP) is 12.7. The molecule has 0 spiro atoms. The number of halogens is 22. The molecule has 0 aliphatic rings. The summed E-state index contributed by atoms with van der Waals surface area (Å²) in [6.07, 6.45) is -57.3. The zero-order valence-electron chi connectivity index (χ0n) is 51.6. The summed E-state index contributed by atoms with van der Waals surface area (Å²) in [6, 6.07) is 21.5. The SMILES string of the molecule is COc1ccc(OCC(O)COCC(F)(F)OC(F)(F)C(F)(F)OC(F)(F)C(F)(F)COCc2ccc(COC(O)CCCC(O)OCCCCc3ccc(COCC(F)(F)C(F)(F)C(F)(F)OC(F)(F)C(F)(F)OC(F)(F)COCC(O)COc4ccc(OC)cc4)cc3)cc2)cc1. The van der Waals surface area contributed by atoms with Crippen molar-refractivity contribution in [3.63, 3.8) is 0 Å². The summed E-state index contributed by atoms with van der Waals surface area (Å²) in [4.78, 5) is 0. The van der Waals surface area contributed by atoms with Gasteiger partial charge in [-0.05, 0) is 109 Å². The van der Waals surface area contributed by atoms with Gasteiger partial charge in [0.2, 0.25) is 0 Å². The van der Waals surface area contributed by atoms with Gasteiger partial charge in [-0.15, -0.1) is 0 Å². The van der Waals surface area contributed by atoms with Crippen molar-refractivity contribution in [2.24, 2.45) is 0 Å². The first kappa shape index (κ1) is 85.4. The number of methoxy groups -OCH3 is 2. The Kier molecular flexibility index (Phi) is 31.7. The predicted molar refractivity (Wildman–Crippen MR) is 291 cm³/mol. The lowest BCUT2D eigenvalue weighted by molar-refractivity contribution is -0.537. The summed E-state index contributed by atoms with van der Waals surface area (Å²) < 4.78 is 370. The molecule has 99 heavy (non-hydrogen) atoms. The van der Waals surface area contributed by atoms with E-state index in [-0.39, 0.29) is 55.1 Å². The lowest BCUT2D eigenvalue weighted by Gasteiger charge is -2.36. The molecule has 4 rings (SSSR count). The fourth-order valence-electron chi connectivity index (χ4n) is 7.58. The van der Waals surface area contributed by atoms with Crippen LogP contribution in [0.1, 0.15) is 54.4 Å². The third kappa shape index (κ3) is 27.7. The topological polar surface area (TPSA) is 210 Å². The van der Waals surface area contributed by atoms with Crippen molar-refractivity contribution in [2.45, 2.75) is 150 Å². The summed E-state index contributed by atoms with van der Waals surface area (Å²) in [5, 5.41) is 40.0. The maximum Gasteiger partial charge on any atom is 0.453 e. The molecule has 4 atom stereocenters. The summed E-state index contributed by atoms with van der Waals surface area (Å²) in [6.45, 7) is -15.4. The molecule has 0 aliphatic carbocycles. The van der Waals surface area contributed by atoms with Gasteiger partial charge in [0.25, 0.3) is 0 Å². The molecule has 4 aromatic rings. The van der Waals surface area contributed by atoms with Crippen LogP contribution in [0, 0.1) is 0 Å². The molecular weight excluding hydrogens is 1410 g/mol. The normalized spacial score (nSPS) is 14.8. The molecule has 0 radical (unpaired) electrons. The summed E-state index contributed by atoms with van der Waals surface area (Å²) in [5.74, 6) is -17.9. The van der Waals surface area contributed by atoms with Gasteiger partial charge >= 0.3 is 66.6 Å². The highest BCUT2D eigenvalue weighted by molar-refractivity contribution is 5.32. The number of aryl methyl sites for hydroxylation is 1. The van der Waals surface area contributed by atoms with E-state index in [2.05, 4.69) is 37.9 Å². The van der Waals surface area contributed by atoms with Crippen LogP contribution < -0.4 is 18.9 Å². The molecule has 0 bridgehead atoms. The zero-order chi connectivity index (χ0) is 74.4. The molecule has 0 saturated carbocycles. The second-order valence-corrected chi connectivity index (χ2v) is 21.2. The second-order valence-electron chi connectivity index (χ2n) is 21.2. The van der Waals surface area contributed by atoms with Gasteiger partial charge in [0.1, 0.15) is 74.8 Å². The van der Waals surface area contributed by atoms with Gasteiger partial charge in [0, 0.05) is 6.61 Å². The molecule has 0 heterocycles. The third-order valence-corrected chi connectivity index (χ3v) is 12.8. The number of alkyl halides is 22. The van der Waals surface area contributed by atoms with Crippen LogP contribution in [0.2, 0.25) is 0 Å². The van der Waals surface area contributed by atoms with E-state index < -0.39 is 157 Å². The van der Waals surface area contributed by atoms with Crippen LogP contribution in [0.25, 0.3) is 0 Å². The van der Waals surface area contributed by atoms with E-state index in [0.717, 1.165) is 0 Å². The van der Waals surface area contributed by atoms with E-state index in [4.69, 9.17) is 28.4 Å². The number of benzene rings is 4. The summed E-state index contributed by atoms with van der Waals surface area (Å²) in [7, 11) is 2.72. The van der Waals surface area contributed by atoms with Gasteiger partial charge in [-0.25, -0.2) is 18.9 Å². The van der Waals surface area contributed by atoms with Gasteiger partial charge in [-0.3, -0.25) is 0 Å². The molecule has 0 saturated heterocycles. The van der Waals surface area contributed by atoms with Crippen molar-refractivity contribution in [3.05, 3.63) is 119 Å². The van der Waals surface area contributed by atoms with Crippen LogP contribution in [0.3, 0.4) is 0 Å². The number of ether oxygens (including phenoxy) is 14. The molecule has 0 aromatic heterocycles. The fraction of sp³-hybridized carbons (Fsp3) is 0.593. The quantitative estimate of drug-likeness (QED) is 0.0184. The number of aliphatic hydroxyl groups excluding tert-OH is 4. The van der Waals surface area contributed by atoms with Gasteiger partial charge in [-0.2, -0.15) is 96.6 Å². The van der Waals surface area contributed by atoms with Crippen molar-refractivity contribution in [1.82, 2.24) is 0 Å². The number of aliphatic hydroxyl groups is 4. The van der Waals surface area contributed by atoms with E-state index in [1.165, 1.54) is 111 Å². The average molecular weight is 1480 g/mol. The third-order valence-electron chi connectivity index (χ3n) is 12.8. The molecule has 564 valence electrons. The molecular formula is C59H66F22O18. The number of hydrogen-bond donors (Lipinski definition) is 4. The first-order valence-electron chi connectivity index (χ1n) is 28.7. The minimum absolute atomic E-state index is 0.00265. The smallest absolute Gasteiger partial charge is 0.453 e.